The first-order valence-electron chi connectivity index (χ1n) is 7.25. The van der Waals surface area contributed by atoms with Gasteiger partial charge >= 0.3 is 0 Å². The third kappa shape index (κ3) is 3.38. The lowest BCUT2D eigenvalue weighted by Gasteiger charge is -2.28. The minimum Gasteiger partial charge on any atom is -0.341 e. The maximum atomic E-state index is 12.5. The smallest absolute Gasteiger partial charge is 0.270 e. The minimum absolute atomic E-state index is 0.117. The van der Waals surface area contributed by atoms with E-state index in [4.69, 9.17) is 0 Å². The summed E-state index contributed by atoms with van der Waals surface area (Å²) in [6.45, 7) is 6.07. The average Bonchev–Trinajstić information content (AvgIpc) is 2.88. The standard InChI is InChI=1S/C15H25N3O/c1-12(2)18-10-6-8-14(18)15(19)17(3)11-13-7-4-5-9-16-13/h6,8,10,12-13,16H,4-5,7,9,11H2,1-3H3. The summed E-state index contributed by atoms with van der Waals surface area (Å²) in [6.07, 6.45) is 5.67. The molecule has 0 radical (unpaired) electrons. The molecular weight excluding hydrogens is 238 g/mol. The quantitative estimate of drug-likeness (QED) is 0.905. The van der Waals surface area contributed by atoms with Crippen molar-refractivity contribution >= 4 is 5.91 Å². The van der Waals surface area contributed by atoms with E-state index in [9.17, 15) is 4.79 Å². The van der Waals surface area contributed by atoms with Crippen molar-refractivity contribution < 1.29 is 4.79 Å². The van der Waals surface area contributed by atoms with Crippen molar-refractivity contribution in [3.63, 3.8) is 0 Å². The van der Waals surface area contributed by atoms with E-state index in [-0.39, 0.29) is 5.91 Å². The highest BCUT2D eigenvalue weighted by Gasteiger charge is 2.21. The highest BCUT2D eigenvalue weighted by molar-refractivity contribution is 5.92. The highest BCUT2D eigenvalue weighted by Crippen LogP contribution is 2.14. The fourth-order valence-corrected chi connectivity index (χ4v) is 2.71. The Morgan fingerprint density at radius 2 is 2.32 bits per heavy atom. The number of aromatic nitrogens is 1. The topological polar surface area (TPSA) is 37.3 Å². The molecule has 2 rings (SSSR count). The first-order chi connectivity index (χ1) is 9.09. The number of likely N-dealkylation sites (N-methyl/N-ethyl adjacent to an activating group) is 1. The molecule has 0 saturated carbocycles. The van der Waals surface area contributed by atoms with Crippen LogP contribution in [0.25, 0.3) is 0 Å². The molecule has 1 atom stereocenters. The lowest BCUT2D eigenvalue weighted by molar-refractivity contribution is 0.0763. The molecule has 1 aromatic rings. The number of rotatable bonds is 4. The second kappa shape index (κ2) is 6.24. The van der Waals surface area contributed by atoms with Crippen LogP contribution in [0.3, 0.4) is 0 Å². The van der Waals surface area contributed by atoms with Crippen LogP contribution in [0, 0.1) is 0 Å². The molecule has 1 aliphatic rings. The van der Waals surface area contributed by atoms with E-state index in [1.807, 2.05) is 34.8 Å². The van der Waals surface area contributed by atoms with Gasteiger partial charge in [-0.1, -0.05) is 6.42 Å². The molecule has 4 heteroatoms. The Kier molecular flexibility index (Phi) is 4.64. The van der Waals surface area contributed by atoms with Gasteiger partial charge in [0.1, 0.15) is 5.69 Å². The molecule has 0 aromatic carbocycles. The molecule has 1 unspecified atom stereocenters. The van der Waals surface area contributed by atoms with E-state index in [1.54, 1.807) is 0 Å². The zero-order valence-corrected chi connectivity index (χ0v) is 12.2. The van der Waals surface area contributed by atoms with Gasteiger partial charge in [0.05, 0.1) is 0 Å². The summed E-state index contributed by atoms with van der Waals surface area (Å²) in [6, 6.07) is 4.62. The van der Waals surface area contributed by atoms with Crippen LogP contribution >= 0.6 is 0 Å². The summed E-state index contributed by atoms with van der Waals surface area (Å²) in [4.78, 5) is 14.3. The average molecular weight is 263 g/mol. The Morgan fingerprint density at radius 1 is 1.53 bits per heavy atom. The molecule has 1 N–H and O–H groups in total. The molecule has 1 aromatic heterocycles. The Labute approximate surface area is 115 Å². The van der Waals surface area contributed by atoms with Crippen molar-refractivity contribution in [1.82, 2.24) is 14.8 Å². The van der Waals surface area contributed by atoms with Crippen molar-refractivity contribution in [2.24, 2.45) is 0 Å². The largest absolute Gasteiger partial charge is 0.341 e. The van der Waals surface area contributed by atoms with Crippen molar-refractivity contribution in [3.05, 3.63) is 24.0 Å². The maximum absolute atomic E-state index is 12.5. The maximum Gasteiger partial charge on any atom is 0.270 e. The van der Waals surface area contributed by atoms with E-state index >= 15 is 0 Å². The van der Waals surface area contributed by atoms with Gasteiger partial charge in [0, 0.05) is 31.9 Å². The Balaban J connectivity index is 1.99. The Hall–Kier alpha value is -1.29. The highest BCUT2D eigenvalue weighted by atomic mass is 16.2. The van der Waals surface area contributed by atoms with Crippen LogP contribution in [-0.4, -0.2) is 41.6 Å². The summed E-state index contributed by atoms with van der Waals surface area (Å²) in [5.74, 6) is 0.117. The molecule has 1 fully saturated rings. The molecule has 0 spiro atoms. The number of carbonyl (C=O) groups is 1. The molecule has 2 heterocycles. The summed E-state index contributed by atoms with van der Waals surface area (Å²) in [7, 11) is 1.90. The number of piperidine rings is 1. The van der Waals surface area contributed by atoms with Gasteiger partial charge in [0.15, 0.2) is 0 Å². The van der Waals surface area contributed by atoms with Gasteiger partial charge in [-0.15, -0.1) is 0 Å². The van der Waals surface area contributed by atoms with Gasteiger partial charge in [0.2, 0.25) is 0 Å². The number of carbonyl (C=O) groups excluding carboxylic acids is 1. The van der Waals surface area contributed by atoms with E-state index in [2.05, 4.69) is 19.2 Å². The lowest BCUT2D eigenvalue weighted by atomic mass is 10.0. The van der Waals surface area contributed by atoms with Gasteiger partial charge in [-0.25, -0.2) is 0 Å². The summed E-state index contributed by atoms with van der Waals surface area (Å²) < 4.78 is 2.03. The normalized spacial score (nSPS) is 19.7. The van der Waals surface area contributed by atoms with Crippen molar-refractivity contribution in [3.8, 4) is 0 Å². The second-order valence-electron chi connectivity index (χ2n) is 5.73. The molecular formula is C15H25N3O. The SMILES string of the molecule is CC(C)n1cccc1C(=O)N(C)CC1CCCCN1. The summed E-state index contributed by atoms with van der Waals surface area (Å²) in [5, 5.41) is 3.49. The van der Waals surface area contributed by atoms with E-state index < -0.39 is 0 Å². The van der Waals surface area contributed by atoms with E-state index in [0.717, 1.165) is 18.8 Å². The fraction of sp³-hybridized carbons (Fsp3) is 0.667. The van der Waals surface area contributed by atoms with Crippen molar-refractivity contribution in [1.29, 1.82) is 0 Å². The molecule has 4 nitrogen and oxygen atoms in total. The van der Waals surface area contributed by atoms with Crippen LogP contribution in [0.15, 0.2) is 18.3 Å². The number of nitrogens with one attached hydrogen (secondary N) is 1. The number of nitrogens with zero attached hydrogens (tertiary/aromatic N) is 2. The lowest BCUT2D eigenvalue weighted by Crippen LogP contribution is -2.44. The fourth-order valence-electron chi connectivity index (χ4n) is 2.71. The van der Waals surface area contributed by atoms with E-state index in [0.29, 0.717) is 12.1 Å². The van der Waals surface area contributed by atoms with E-state index in [1.165, 1.54) is 19.3 Å². The second-order valence-corrected chi connectivity index (χ2v) is 5.73. The van der Waals surface area contributed by atoms with Crippen LogP contribution in [0.5, 0.6) is 0 Å². The van der Waals surface area contributed by atoms with Gasteiger partial charge < -0.3 is 14.8 Å². The van der Waals surface area contributed by atoms with Crippen molar-refractivity contribution in [2.75, 3.05) is 20.1 Å². The number of hydrogen-bond donors (Lipinski definition) is 1. The molecule has 1 saturated heterocycles. The van der Waals surface area contributed by atoms with Gasteiger partial charge in [-0.2, -0.15) is 0 Å². The van der Waals surface area contributed by atoms with Gasteiger partial charge in [0.25, 0.3) is 5.91 Å². The predicted molar refractivity (Wildman–Crippen MR) is 77.4 cm³/mol. The molecule has 0 bridgehead atoms. The zero-order chi connectivity index (χ0) is 13.8. The first kappa shape index (κ1) is 14.1. The first-order valence-corrected chi connectivity index (χ1v) is 7.25. The Morgan fingerprint density at radius 3 is 2.95 bits per heavy atom. The summed E-state index contributed by atoms with van der Waals surface area (Å²) >= 11 is 0. The third-order valence-electron chi connectivity index (χ3n) is 3.81. The van der Waals surface area contributed by atoms with Gasteiger partial charge in [-0.3, -0.25) is 4.79 Å². The third-order valence-corrected chi connectivity index (χ3v) is 3.81. The molecule has 19 heavy (non-hydrogen) atoms. The van der Waals surface area contributed by atoms with Gasteiger partial charge in [-0.05, 0) is 45.4 Å². The van der Waals surface area contributed by atoms with Crippen LogP contribution in [0.2, 0.25) is 0 Å². The summed E-state index contributed by atoms with van der Waals surface area (Å²) in [5.41, 5.74) is 0.785. The monoisotopic (exact) mass is 263 g/mol. The predicted octanol–water partition coefficient (Wildman–Crippen LogP) is 2.28. The molecule has 1 amide bonds. The van der Waals surface area contributed by atoms with Crippen LogP contribution in [0.4, 0.5) is 0 Å². The minimum atomic E-state index is 0.117. The number of amides is 1. The molecule has 0 aliphatic carbocycles. The zero-order valence-electron chi connectivity index (χ0n) is 12.2. The van der Waals surface area contributed by atoms with Crippen molar-refractivity contribution in [2.45, 2.75) is 45.2 Å². The van der Waals surface area contributed by atoms with Crippen LogP contribution in [0.1, 0.15) is 49.6 Å². The number of hydrogen-bond acceptors (Lipinski definition) is 2. The van der Waals surface area contributed by atoms with Crippen LogP contribution in [-0.2, 0) is 0 Å². The molecule has 106 valence electrons. The van der Waals surface area contributed by atoms with Crippen LogP contribution < -0.4 is 5.32 Å². The Bertz CT molecular complexity index is 419. The molecule has 1 aliphatic heterocycles.